The van der Waals surface area contributed by atoms with Gasteiger partial charge in [0, 0.05) is 0 Å². The zero-order valence-corrected chi connectivity index (χ0v) is 10.3. The number of rotatable bonds is 5. The molecule has 0 bridgehead atoms. The Kier molecular flexibility index (Phi) is 3.84. The second-order valence-corrected chi connectivity index (χ2v) is 3.91. The van der Waals surface area contributed by atoms with E-state index < -0.39 is 5.97 Å². The molecule has 0 aromatic carbocycles. The van der Waals surface area contributed by atoms with Gasteiger partial charge < -0.3 is 18.9 Å². The van der Waals surface area contributed by atoms with Gasteiger partial charge >= 0.3 is 5.97 Å². The Labute approximate surface area is 105 Å². The average molecular weight is 249 g/mol. The van der Waals surface area contributed by atoms with Crippen LogP contribution in [0.2, 0.25) is 0 Å². The number of hydrogen-bond acceptors (Lipinski definition) is 5. The van der Waals surface area contributed by atoms with Crippen molar-refractivity contribution in [2.24, 2.45) is 0 Å². The summed E-state index contributed by atoms with van der Waals surface area (Å²) >= 11 is 0. The fraction of sp³-hybridized carbons (Fsp3) is 0.308. The van der Waals surface area contributed by atoms with Crippen molar-refractivity contribution in [3.05, 3.63) is 47.8 Å². The summed E-state index contributed by atoms with van der Waals surface area (Å²) in [6.07, 6.45) is 3.02. The third kappa shape index (κ3) is 2.81. The predicted octanol–water partition coefficient (Wildman–Crippen LogP) is 2.51. The van der Waals surface area contributed by atoms with E-state index in [0.717, 1.165) is 5.76 Å². The van der Waals surface area contributed by atoms with E-state index in [1.165, 1.54) is 13.4 Å². The van der Waals surface area contributed by atoms with Crippen molar-refractivity contribution < 1.29 is 18.4 Å². The molecule has 0 unspecified atom stereocenters. The van der Waals surface area contributed by atoms with E-state index in [9.17, 15) is 4.79 Å². The minimum Gasteiger partial charge on any atom is -0.468 e. The molecule has 0 fully saturated rings. The molecule has 2 aromatic heterocycles. The van der Waals surface area contributed by atoms with Crippen LogP contribution in [-0.4, -0.2) is 13.1 Å². The lowest BCUT2D eigenvalue weighted by Gasteiger charge is -2.09. The fourth-order valence-corrected chi connectivity index (χ4v) is 1.59. The van der Waals surface area contributed by atoms with Gasteiger partial charge in [0.05, 0.1) is 31.5 Å². The van der Waals surface area contributed by atoms with Crippen molar-refractivity contribution in [2.45, 2.75) is 19.5 Å². The Morgan fingerprint density at radius 3 is 3.00 bits per heavy atom. The third-order valence-corrected chi connectivity index (χ3v) is 2.63. The van der Waals surface area contributed by atoms with Crippen LogP contribution in [-0.2, 0) is 11.3 Å². The van der Waals surface area contributed by atoms with Gasteiger partial charge in [0.1, 0.15) is 17.8 Å². The second-order valence-electron chi connectivity index (χ2n) is 3.91. The highest BCUT2D eigenvalue weighted by atomic mass is 16.5. The summed E-state index contributed by atoms with van der Waals surface area (Å²) in [6.45, 7) is 2.50. The molecule has 5 heteroatoms. The molecule has 2 aromatic rings. The lowest BCUT2D eigenvalue weighted by Crippen LogP contribution is -2.17. The van der Waals surface area contributed by atoms with E-state index in [0.29, 0.717) is 17.9 Å². The molecule has 2 rings (SSSR count). The molecule has 0 saturated heterocycles. The first-order chi connectivity index (χ1) is 8.70. The quantitative estimate of drug-likeness (QED) is 0.825. The van der Waals surface area contributed by atoms with E-state index in [-0.39, 0.29) is 6.04 Å². The number of carbonyl (C=O) groups is 1. The normalized spacial score (nSPS) is 12.3. The van der Waals surface area contributed by atoms with Crippen LogP contribution in [0.15, 0.2) is 39.6 Å². The summed E-state index contributed by atoms with van der Waals surface area (Å²) in [6, 6.07) is 5.48. The largest absolute Gasteiger partial charge is 0.468 e. The maximum Gasteiger partial charge on any atom is 0.341 e. The number of furan rings is 2. The highest BCUT2D eigenvalue weighted by Crippen LogP contribution is 2.14. The van der Waals surface area contributed by atoms with Gasteiger partial charge in [-0.1, -0.05) is 0 Å². The Morgan fingerprint density at radius 2 is 2.33 bits per heavy atom. The highest BCUT2D eigenvalue weighted by molar-refractivity contribution is 5.88. The predicted molar refractivity (Wildman–Crippen MR) is 64.0 cm³/mol. The average Bonchev–Trinajstić information content (AvgIpc) is 3.05. The lowest BCUT2D eigenvalue weighted by molar-refractivity contribution is 0.0600. The van der Waals surface area contributed by atoms with Gasteiger partial charge in [0.15, 0.2) is 0 Å². The third-order valence-electron chi connectivity index (χ3n) is 2.63. The summed E-state index contributed by atoms with van der Waals surface area (Å²) in [5.74, 6) is 1.13. The van der Waals surface area contributed by atoms with Gasteiger partial charge in [-0.05, 0) is 25.1 Å². The van der Waals surface area contributed by atoms with Crippen LogP contribution in [0.4, 0.5) is 0 Å². The van der Waals surface area contributed by atoms with Crippen molar-refractivity contribution in [3.8, 4) is 0 Å². The zero-order valence-electron chi connectivity index (χ0n) is 10.3. The van der Waals surface area contributed by atoms with Crippen LogP contribution in [0.3, 0.4) is 0 Å². The highest BCUT2D eigenvalue weighted by Gasteiger charge is 2.12. The smallest absolute Gasteiger partial charge is 0.341 e. The van der Waals surface area contributed by atoms with Crippen LogP contribution >= 0.6 is 0 Å². The van der Waals surface area contributed by atoms with Crippen molar-refractivity contribution >= 4 is 5.97 Å². The molecule has 0 radical (unpaired) electrons. The zero-order chi connectivity index (χ0) is 13.0. The molecule has 0 aliphatic heterocycles. The summed E-state index contributed by atoms with van der Waals surface area (Å²) in [4.78, 5) is 11.2. The van der Waals surface area contributed by atoms with Gasteiger partial charge in [-0.15, -0.1) is 0 Å². The van der Waals surface area contributed by atoms with Crippen LogP contribution in [0.25, 0.3) is 0 Å². The summed E-state index contributed by atoms with van der Waals surface area (Å²) in [5.41, 5.74) is 0.417. The molecule has 0 aliphatic carbocycles. The number of ether oxygens (including phenoxy) is 1. The molecule has 0 amide bonds. The Morgan fingerprint density at radius 1 is 1.50 bits per heavy atom. The van der Waals surface area contributed by atoms with Gasteiger partial charge in [-0.25, -0.2) is 4.79 Å². The molecule has 1 N–H and O–H groups in total. The molecular formula is C13H15NO4. The van der Waals surface area contributed by atoms with Crippen LogP contribution in [0.1, 0.15) is 34.8 Å². The van der Waals surface area contributed by atoms with E-state index in [1.54, 1.807) is 12.3 Å². The van der Waals surface area contributed by atoms with Gasteiger partial charge in [0.2, 0.25) is 0 Å². The van der Waals surface area contributed by atoms with Crippen LogP contribution in [0.5, 0.6) is 0 Å². The Hall–Kier alpha value is -2.01. The number of esters is 1. The van der Waals surface area contributed by atoms with Crippen molar-refractivity contribution in [2.75, 3.05) is 7.11 Å². The SMILES string of the molecule is COC(=O)c1coc(CN[C@@H](C)c2ccco2)c1. The van der Waals surface area contributed by atoms with Crippen LogP contribution < -0.4 is 5.32 Å². The molecular weight excluding hydrogens is 234 g/mol. The minimum absolute atomic E-state index is 0.0756. The Bertz CT molecular complexity index is 501. The Balaban J connectivity index is 1.90. The van der Waals surface area contributed by atoms with Gasteiger partial charge in [-0.3, -0.25) is 0 Å². The second kappa shape index (κ2) is 5.55. The topological polar surface area (TPSA) is 64.6 Å². The molecule has 0 saturated carbocycles. The molecule has 18 heavy (non-hydrogen) atoms. The lowest BCUT2D eigenvalue weighted by atomic mass is 10.2. The van der Waals surface area contributed by atoms with Gasteiger partial charge in [0.25, 0.3) is 0 Å². The van der Waals surface area contributed by atoms with Crippen LogP contribution in [0, 0.1) is 0 Å². The minimum atomic E-state index is -0.399. The standard InChI is InChI=1S/C13H15NO4/c1-9(12-4-3-5-17-12)14-7-11-6-10(8-18-11)13(15)16-2/h3-6,8-9,14H,7H2,1-2H3/t9-/m0/s1. The molecule has 0 aliphatic rings. The first-order valence-corrected chi connectivity index (χ1v) is 5.63. The monoisotopic (exact) mass is 249 g/mol. The number of methoxy groups -OCH3 is 1. The van der Waals surface area contributed by atoms with E-state index in [4.69, 9.17) is 8.83 Å². The summed E-state index contributed by atoms with van der Waals surface area (Å²) in [5, 5.41) is 3.23. The van der Waals surface area contributed by atoms with Crippen molar-refractivity contribution in [1.29, 1.82) is 0 Å². The molecule has 0 spiro atoms. The number of carbonyl (C=O) groups excluding carboxylic acids is 1. The van der Waals surface area contributed by atoms with E-state index in [2.05, 4.69) is 10.1 Å². The maximum absolute atomic E-state index is 11.2. The molecule has 1 atom stereocenters. The summed E-state index contributed by atoms with van der Waals surface area (Å²) < 4.78 is 15.1. The first kappa shape index (κ1) is 12.4. The first-order valence-electron chi connectivity index (χ1n) is 5.63. The summed E-state index contributed by atoms with van der Waals surface area (Å²) in [7, 11) is 1.34. The molecule has 5 nitrogen and oxygen atoms in total. The fourth-order valence-electron chi connectivity index (χ4n) is 1.59. The van der Waals surface area contributed by atoms with E-state index >= 15 is 0 Å². The van der Waals surface area contributed by atoms with Crippen molar-refractivity contribution in [3.63, 3.8) is 0 Å². The van der Waals surface area contributed by atoms with Crippen molar-refractivity contribution in [1.82, 2.24) is 5.32 Å². The van der Waals surface area contributed by atoms with E-state index in [1.807, 2.05) is 19.1 Å². The number of hydrogen-bond donors (Lipinski definition) is 1. The molecule has 2 heterocycles. The maximum atomic E-state index is 11.2. The molecule has 96 valence electrons. The number of nitrogens with one attached hydrogen (secondary N) is 1. The van der Waals surface area contributed by atoms with Gasteiger partial charge in [-0.2, -0.15) is 0 Å².